The summed E-state index contributed by atoms with van der Waals surface area (Å²) in [5, 5.41) is 26.6. The first-order valence-corrected chi connectivity index (χ1v) is 3.54. The van der Waals surface area contributed by atoms with Crippen LogP contribution in [0.25, 0.3) is 6.08 Å². The summed E-state index contributed by atoms with van der Waals surface area (Å²) in [4.78, 5) is 12.4. The number of carboxylic acid groups (broad SMARTS) is 1. The number of nitrogens with one attached hydrogen (secondary N) is 1. The standard InChI is InChI=1S/C8H9NO4/c1-4-5(2-3-6(10)11)8(13)9-7(4)12/h2-3,9,12-13H,1H3,(H,10,11). The summed E-state index contributed by atoms with van der Waals surface area (Å²) in [5.74, 6) is -1.52. The molecule has 0 atom stereocenters. The molecule has 1 heterocycles. The number of carboxylic acids is 1. The molecule has 0 amide bonds. The van der Waals surface area contributed by atoms with Crippen molar-refractivity contribution < 1.29 is 20.1 Å². The van der Waals surface area contributed by atoms with Crippen LogP contribution >= 0.6 is 0 Å². The molecule has 0 aliphatic carbocycles. The minimum Gasteiger partial charge on any atom is -0.494 e. The molecular weight excluding hydrogens is 174 g/mol. The van der Waals surface area contributed by atoms with E-state index in [1.807, 2.05) is 0 Å². The van der Waals surface area contributed by atoms with Gasteiger partial charge in [0.2, 0.25) is 0 Å². The Morgan fingerprint density at radius 1 is 1.38 bits per heavy atom. The average molecular weight is 183 g/mol. The van der Waals surface area contributed by atoms with Gasteiger partial charge in [-0.15, -0.1) is 0 Å². The van der Waals surface area contributed by atoms with Gasteiger partial charge in [-0.3, -0.25) is 4.98 Å². The minimum absolute atomic E-state index is 0.164. The first kappa shape index (κ1) is 9.18. The molecule has 0 unspecified atom stereocenters. The zero-order valence-electron chi connectivity index (χ0n) is 6.90. The van der Waals surface area contributed by atoms with Crippen LogP contribution in [0, 0.1) is 6.92 Å². The van der Waals surface area contributed by atoms with Crippen molar-refractivity contribution in [1.82, 2.24) is 4.98 Å². The molecular formula is C8H9NO4. The number of carbonyl (C=O) groups is 1. The first-order chi connectivity index (χ1) is 6.02. The van der Waals surface area contributed by atoms with E-state index in [4.69, 9.17) is 15.3 Å². The predicted octanol–water partition coefficient (Wildman–Crippen LogP) is 0.832. The van der Waals surface area contributed by atoms with Crippen molar-refractivity contribution in [3.63, 3.8) is 0 Å². The number of hydrogen-bond donors (Lipinski definition) is 4. The summed E-state index contributed by atoms with van der Waals surface area (Å²) in [6.45, 7) is 1.56. The van der Waals surface area contributed by atoms with Crippen molar-refractivity contribution in [2.45, 2.75) is 6.92 Å². The molecule has 0 fully saturated rings. The number of H-pyrrole nitrogens is 1. The Bertz CT molecular complexity index is 364. The van der Waals surface area contributed by atoms with Crippen molar-refractivity contribution in [1.29, 1.82) is 0 Å². The molecule has 0 saturated carbocycles. The van der Waals surface area contributed by atoms with Crippen LogP contribution in [0.15, 0.2) is 6.08 Å². The smallest absolute Gasteiger partial charge is 0.328 e. The fourth-order valence-corrected chi connectivity index (χ4v) is 0.937. The van der Waals surface area contributed by atoms with Crippen molar-refractivity contribution >= 4 is 12.0 Å². The number of aromatic hydroxyl groups is 2. The Morgan fingerprint density at radius 2 is 2.00 bits per heavy atom. The lowest BCUT2D eigenvalue weighted by molar-refractivity contribution is -0.131. The molecule has 1 aromatic heterocycles. The van der Waals surface area contributed by atoms with E-state index in [2.05, 4.69) is 4.98 Å². The second-order valence-electron chi connectivity index (χ2n) is 2.53. The molecule has 0 radical (unpaired) electrons. The summed E-state index contributed by atoms with van der Waals surface area (Å²) >= 11 is 0. The molecule has 1 aromatic rings. The molecule has 5 heteroatoms. The number of aliphatic carboxylic acids is 1. The van der Waals surface area contributed by atoms with Gasteiger partial charge in [0.05, 0.1) is 0 Å². The Kier molecular flexibility index (Phi) is 2.27. The van der Waals surface area contributed by atoms with Crippen LogP contribution in [-0.4, -0.2) is 26.3 Å². The predicted molar refractivity (Wildman–Crippen MR) is 45.5 cm³/mol. The highest BCUT2D eigenvalue weighted by molar-refractivity contribution is 5.86. The van der Waals surface area contributed by atoms with Crippen LogP contribution in [0.2, 0.25) is 0 Å². The zero-order chi connectivity index (χ0) is 10.0. The SMILES string of the molecule is Cc1c(O)[nH]c(O)c1C=CC(=O)O. The van der Waals surface area contributed by atoms with Crippen molar-refractivity contribution in [2.75, 3.05) is 0 Å². The Balaban J connectivity index is 3.07. The van der Waals surface area contributed by atoms with E-state index in [0.29, 0.717) is 5.56 Å². The molecule has 0 saturated heterocycles. The maximum absolute atomic E-state index is 10.2. The average Bonchev–Trinajstić information content (AvgIpc) is 2.24. The zero-order valence-corrected chi connectivity index (χ0v) is 6.90. The third-order valence-electron chi connectivity index (χ3n) is 1.64. The van der Waals surface area contributed by atoms with Crippen LogP contribution in [0.5, 0.6) is 11.8 Å². The second kappa shape index (κ2) is 3.22. The maximum atomic E-state index is 10.2. The molecule has 4 N–H and O–H groups in total. The summed E-state index contributed by atoms with van der Waals surface area (Å²) < 4.78 is 0. The highest BCUT2D eigenvalue weighted by atomic mass is 16.4. The summed E-state index contributed by atoms with van der Waals surface area (Å²) in [7, 11) is 0. The van der Waals surface area contributed by atoms with Gasteiger partial charge < -0.3 is 15.3 Å². The van der Waals surface area contributed by atoms with E-state index in [1.165, 1.54) is 6.08 Å². The molecule has 0 aromatic carbocycles. The number of rotatable bonds is 2. The summed E-state index contributed by atoms with van der Waals surface area (Å²) in [6, 6.07) is 0. The molecule has 0 bridgehead atoms. The van der Waals surface area contributed by atoms with Gasteiger partial charge in [0.25, 0.3) is 0 Å². The lowest BCUT2D eigenvalue weighted by atomic mass is 10.2. The van der Waals surface area contributed by atoms with E-state index in [0.717, 1.165) is 6.08 Å². The first-order valence-electron chi connectivity index (χ1n) is 3.54. The van der Waals surface area contributed by atoms with Crippen LogP contribution < -0.4 is 0 Å². The Labute approximate surface area is 74.0 Å². The minimum atomic E-state index is -1.11. The van der Waals surface area contributed by atoms with Gasteiger partial charge in [-0.05, 0) is 13.0 Å². The second-order valence-corrected chi connectivity index (χ2v) is 2.53. The molecule has 0 aliphatic heterocycles. The summed E-state index contributed by atoms with van der Waals surface area (Å²) in [6.07, 6.45) is 2.10. The van der Waals surface area contributed by atoms with Gasteiger partial charge in [-0.25, -0.2) is 4.79 Å². The fourth-order valence-electron chi connectivity index (χ4n) is 0.937. The van der Waals surface area contributed by atoms with Crippen molar-refractivity contribution in [3.8, 4) is 11.8 Å². The van der Waals surface area contributed by atoms with Gasteiger partial charge >= 0.3 is 5.97 Å². The van der Waals surface area contributed by atoms with Gasteiger partial charge in [-0.1, -0.05) is 0 Å². The monoisotopic (exact) mass is 183 g/mol. The quantitative estimate of drug-likeness (QED) is 0.511. The summed E-state index contributed by atoms with van der Waals surface area (Å²) in [5.41, 5.74) is 0.690. The van der Waals surface area contributed by atoms with Crippen LogP contribution in [0.4, 0.5) is 0 Å². The third-order valence-corrected chi connectivity index (χ3v) is 1.64. The van der Waals surface area contributed by atoms with Gasteiger partial charge in [0.15, 0.2) is 11.8 Å². The van der Waals surface area contributed by atoms with Gasteiger partial charge in [0.1, 0.15) is 0 Å². The Morgan fingerprint density at radius 3 is 2.38 bits per heavy atom. The van der Waals surface area contributed by atoms with Crippen LogP contribution in [0.3, 0.4) is 0 Å². The fraction of sp³-hybridized carbons (Fsp3) is 0.125. The number of hydrogen-bond acceptors (Lipinski definition) is 3. The third kappa shape index (κ3) is 1.81. The lowest BCUT2D eigenvalue weighted by Gasteiger charge is -1.90. The molecule has 1 rings (SSSR count). The van der Waals surface area contributed by atoms with Crippen LogP contribution in [0.1, 0.15) is 11.1 Å². The maximum Gasteiger partial charge on any atom is 0.328 e. The molecule has 13 heavy (non-hydrogen) atoms. The van der Waals surface area contributed by atoms with E-state index in [-0.39, 0.29) is 17.3 Å². The highest BCUT2D eigenvalue weighted by Crippen LogP contribution is 2.28. The molecule has 70 valence electrons. The number of aromatic amines is 1. The Hall–Kier alpha value is -1.91. The van der Waals surface area contributed by atoms with Crippen molar-refractivity contribution in [2.24, 2.45) is 0 Å². The van der Waals surface area contributed by atoms with E-state index in [9.17, 15) is 4.79 Å². The molecule has 5 nitrogen and oxygen atoms in total. The topological polar surface area (TPSA) is 93.5 Å². The molecule has 0 spiro atoms. The molecule has 0 aliphatic rings. The highest BCUT2D eigenvalue weighted by Gasteiger charge is 2.09. The van der Waals surface area contributed by atoms with E-state index >= 15 is 0 Å². The van der Waals surface area contributed by atoms with Gasteiger partial charge in [-0.2, -0.15) is 0 Å². The lowest BCUT2D eigenvalue weighted by Crippen LogP contribution is -1.85. The largest absolute Gasteiger partial charge is 0.494 e. The van der Waals surface area contributed by atoms with E-state index < -0.39 is 5.97 Å². The van der Waals surface area contributed by atoms with E-state index in [1.54, 1.807) is 6.92 Å². The normalized spacial score (nSPS) is 10.8. The van der Waals surface area contributed by atoms with Crippen molar-refractivity contribution in [3.05, 3.63) is 17.2 Å². The van der Waals surface area contributed by atoms with Gasteiger partial charge in [0, 0.05) is 17.2 Å². The van der Waals surface area contributed by atoms with Crippen LogP contribution in [-0.2, 0) is 4.79 Å². The number of aromatic nitrogens is 1.